The molecule has 0 atom stereocenters. The number of amides is 2. The molecule has 2 amide bonds. The van der Waals surface area contributed by atoms with E-state index in [1.165, 1.54) is 12.1 Å². The van der Waals surface area contributed by atoms with E-state index in [0.29, 0.717) is 16.9 Å². The predicted octanol–water partition coefficient (Wildman–Crippen LogP) is 3.03. The molecule has 0 saturated carbocycles. The van der Waals surface area contributed by atoms with E-state index in [2.05, 4.69) is 20.8 Å². The zero-order valence-corrected chi connectivity index (χ0v) is 18.7. The van der Waals surface area contributed by atoms with E-state index in [1.54, 1.807) is 19.1 Å². The van der Waals surface area contributed by atoms with Crippen molar-refractivity contribution in [3.8, 4) is 17.1 Å². The minimum Gasteiger partial charge on any atom is -0.483 e. The van der Waals surface area contributed by atoms with Gasteiger partial charge >= 0.3 is 11.8 Å². The second kappa shape index (κ2) is 10.4. The molecule has 1 aromatic heterocycles. The number of ether oxygens (including phenoxy) is 1. The van der Waals surface area contributed by atoms with E-state index in [0.717, 1.165) is 10.8 Å². The van der Waals surface area contributed by atoms with Gasteiger partial charge < -0.3 is 19.9 Å². The minimum absolute atomic E-state index is 0.0650. The number of carbonyl (C=O) groups excluding carboxylic acids is 2. The fraction of sp³-hybridized carbons (Fsp3) is 0.167. The van der Waals surface area contributed by atoms with Gasteiger partial charge in [0.1, 0.15) is 5.75 Å². The highest BCUT2D eigenvalue weighted by Crippen LogP contribution is 2.28. The van der Waals surface area contributed by atoms with Crippen molar-refractivity contribution in [2.75, 3.05) is 19.7 Å². The number of hydrogen-bond acceptors (Lipinski definition) is 8. The third-order valence-electron chi connectivity index (χ3n) is 5.20. The molecule has 11 nitrogen and oxygen atoms in total. The van der Waals surface area contributed by atoms with E-state index in [1.807, 2.05) is 36.4 Å². The average molecular weight is 475 g/mol. The lowest BCUT2D eigenvalue weighted by atomic mass is 10.1. The monoisotopic (exact) mass is 475 g/mol. The van der Waals surface area contributed by atoms with Gasteiger partial charge in [0.2, 0.25) is 5.82 Å². The van der Waals surface area contributed by atoms with Gasteiger partial charge in [0.25, 0.3) is 11.6 Å². The normalized spacial score (nSPS) is 10.7. The first kappa shape index (κ1) is 23.4. The maximum Gasteiger partial charge on any atom is 0.316 e. The Bertz CT molecular complexity index is 1390. The SMILES string of the molecule is Cc1c(-c2noc(C(=O)NCCNC(=O)COc3cccc4ccccc34)n2)cccc1[N+](=O)[O-]. The van der Waals surface area contributed by atoms with Crippen molar-refractivity contribution >= 4 is 28.3 Å². The summed E-state index contributed by atoms with van der Waals surface area (Å²) in [4.78, 5) is 39.0. The number of fused-ring (bicyclic) bond motifs is 1. The van der Waals surface area contributed by atoms with Gasteiger partial charge in [-0.3, -0.25) is 19.7 Å². The van der Waals surface area contributed by atoms with Crippen molar-refractivity contribution in [3.05, 3.63) is 82.2 Å². The Labute approximate surface area is 199 Å². The van der Waals surface area contributed by atoms with Crippen LogP contribution in [0, 0.1) is 17.0 Å². The molecule has 0 spiro atoms. The molecule has 11 heteroatoms. The van der Waals surface area contributed by atoms with E-state index in [9.17, 15) is 19.7 Å². The zero-order chi connectivity index (χ0) is 24.8. The molecule has 4 rings (SSSR count). The lowest BCUT2D eigenvalue weighted by Gasteiger charge is -2.10. The first-order valence-electron chi connectivity index (χ1n) is 10.7. The molecule has 0 fully saturated rings. The molecular weight excluding hydrogens is 454 g/mol. The second-order valence-corrected chi connectivity index (χ2v) is 7.50. The van der Waals surface area contributed by atoms with Gasteiger partial charge in [-0.15, -0.1) is 0 Å². The summed E-state index contributed by atoms with van der Waals surface area (Å²) < 4.78 is 10.6. The number of nitro groups is 1. The lowest BCUT2D eigenvalue weighted by molar-refractivity contribution is -0.385. The molecule has 0 bridgehead atoms. The summed E-state index contributed by atoms with van der Waals surface area (Å²) in [6.07, 6.45) is 0. The Morgan fingerprint density at radius 3 is 2.60 bits per heavy atom. The van der Waals surface area contributed by atoms with Gasteiger partial charge in [-0.1, -0.05) is 53.7 Å². The van der Waals surface area contributed by atoms with Gasteiger partial charge in [-0.2, -0.15) is 4.98 Å². The van der Waals surface area contributed by atoms with Crippen molar-refractivity contribution < 1.29 is 23.8 Å². The van der Waals surface area contributed by atoms with Crippen molar-refractivity contribution in [2.45, 2.75) is 6.92 Å². The van der Waals surface area contributed by atoms with Crippen molar-refractivity contribution in [1.82, 2.24) is 20.8 Å². The van der Waals surface area contributed by atoms with Gasteiger partial charge in [0, 0.05) is 35.7 Å². The first-order valence-corrected chi connectivity index (χ1v) is 10.7. The zero-order valence-electron chi connectivity index (χ0n) is 18.7. The van der Waals surface area contributed by atoms with Gasteiger partial charge in [0.05, 0.1) is 4.92 Å². The highest BCUT2D eigenvalue weighted by Gasteiger charge is 2.20. The Kier molecular flexibility index (Phi) is 6.96. The fourth-order valence-corrected chi connectivity index (χ4v) is 3.46. The van der Waals surface area contributed by atoms with Crippen LogP contribution in [0.4, 0.5) is 5.69 Å². The summed E-state index contributed by atoms with van der Waals surface area (Å²) in [7, 11) is 0. The summed E-state index contributed by atoms with van der Waals surface area (Å²) in [6.45, 7) is 1.68. The number of nitrogens with zero attached hydrogens (tertiary/aromatic N) is 3. The lowest BCUT2D eigenvalue weighted by Crippen LogP contribution is -2.36. The Morgan fingerprint density at radius 1 is 1.03 bits per heavy atom. The van der Waals surface area contributed by atoms with Crippen LogP contribution >= 0.6 is 0 Å². The van der Waals surface area contributed by atoms with Gasteiger partial charge in [-0.25, -0.2) is 0 Å². The number of benzene rings is 3. The number of aromatic nitrogens is 2. The third-order valence-corrected chi connectivity index (χ3v) is 5.20. The molecule has 0 aliphatic rings. The van der Waals surface area contributed by atoms with Crippen LogP contribution in [-0.2, 0) is 4.79 Å². The van der Waals surface area contributed by atoms with Crippen molar-refractivity contribution in [1.29, 1.82) is 0 Å². The molecule has 178 valence electrons. The summed E-state index contributed by atoms with van der Waals surface area (Å²) in [5.74, 6) is -0.592. The Balaban J connectivity index is 1.25. The molecule has 35 heavy (non-hydrogen) atoms. The first-order chi connectivity index (χ1) is 16.9. The smallest absolute Gasteiger partial charge is 0.316 e. The highest BCUT2D eigenvalue weighted by molar-refractivity contribution is 5.90. The number of hydrogen-bond donors (Lipinski definition) is 2. The summed E-state index contributed by atoms with van der Waals surface area (Å²) in [5, 5.41) is 22.0. The van der Waals surface area contributed by atoms with Gasteiger partial charge in [0.15, 0.2) is 6.61 Å². The molecule has 3 aromatic carbocycles. The number of carbonyl (C=O) groups is 2. The topological polar surface area (TPSA) is 149 Å². The fourth-order valence-electron chi connectivity index (χ4n) is 3.46. The Hall–Kier alpha value is -4.80. The Morgan fingerprint density at radius 2 is 1.77 bits per heavy atom. The molecule has 0 unspecified atom stereocenters. The third kappa shape index (κ3) is 5.41. The van der Waals surface area contributed by atoms with Crippen LogP contribution < -0.4 is 15.4 Å². The maximum absolute atomic E-state index is 12.3. The molecule has 4 aromatic rings. The summed E-state index contributed by atoms with van der Waals surface area (Å²) in [6, 6.07) is 17.8. The van der Waals surface area contributed by atoms with Gasteiger partial charge in [-0.05, 0) is 18.4 Å². The van der Waals surface area contributed by atoms with Crippen molar-refractivity contribution in [2.24, 2.45) is 0 Å². The molecule has 0 radical (unpaired) electrons. The summed E-state index contributed by atoms with van der Waals surface area (Å²) in [5.41, 5.74) is 0.664. The van der Waals surface area contributed by atoms with E-state index in [4.69, 9.17) is 9.26 Å². The maximum atomic E-state index is 12.3. The van der Waals surface area contributed by atoms with Crippen LogP contribution in [0.25, 0.3) is 22.2 Å². The van der Waals surface area contributed by atoms with E-state index >= 15 is 0 Å². The number of nitro benzene ring substituents is 1. The largest absolute Gasteiger partial charge is 0.483 e. The molecule has 0 saturated heterocycles. The van der Waals surface area contributed by atoms with E-state index < -0.39 is 10.8 Å². The van der Waals surface area contributed by atoms with Crippen LogP contribution in [-0.4, -0.2) is 46.6 Å². The standard InChI is InChI=1S/C24H21N5O6/c1-15-17(9-5-10-19(15)29(32)33)22-27-24(35-28-22)23(31)26-13-12-25-21(30)14-34-20-11-4-7-16-6-2-3-8-18(16)20/h2-11H,12-14H2,1H3,(H,25,30)(H,26,31). The molecule has 2 N–H and O–H groups in total. The van der Waals surface area contributed by atoms with Crippen LogP contribution in [0.1, 0.15) is 16.2 Å². The van der Waals surface area contributed by atoms with E-state index in [-0.39, 0.29) is 43.0 Å². The van der Waals surface area contributed by atoms with Crippen LogP contribution in [0.2, 0.25) is 0 Å². The second-order valence-electron chi connectivity index (χ2n) is 7.50. The minimum atomic E-state index is -0.631. The predicted molar refractivity (Wildman–Crippen MR) is 126 cm³/mol. The summed E-state index contributed by atoms with van der Waals surface area (Å²) >= 11 is 0. The van der Waals surface area contributed by atoms with Crippen molar-refractivity contribution in [3.63, 3.8) is 0 Å². The molecular formula is C24H21N5O6. The molecule has 0 aliphatic heterocycles. The highest BCUT2D eigenvalue weighted by atomic mass is 16.6. The quantitative estimate of drug-likeness (QED) is 0.213. The number of nitrogens with one attached hydrogen (secondary N) is 2. The van der Waals surface area contributed by atoms with Crippen LogP contribution in [0.15, 0.2) is 65.2 Å². The van der Waals surface area contributed by atoms with Crippen LogP contribution in [0.3, 0.4) is 0 Å². The molecule has 0 aliphatic carbocycles. The number of rotatable bonds is 9. The average Bonchev–Trinajstić information content (AvgIpc) is 3.35. The molecule has 1 heterocycles. The van der Waals surface area contributed by atoms with Crippen LogP contribution in [0.5, 0.6) is 5.75 Å².